The minimum atomic E-state index is -0.410. The van der Waals surface area contributed by atoms with Crippen LogP contribution in [0.25, 0.3) is 0 Å². The lowest BCUT2D eigenvalue weighted by atomic mass is 9.87. The lowest BCUT2D eigenvalue weighted by molar-refractivity contribution is 0.394. The molecule has 1 saturated heterocycles. The van der Waals surface area contributed by atoms with Crippen LogP contribution in [0.4, 0.5) is 10.3 Å². The van der Waals surface area contributed by atoms with Gasteiger partial charge in [0, 0.05) is 24.4 Å². The number of nitrogens with zero attached hydrogens (tertiary/aromatic N) is 5. The SMILES string of the molecule is CC(C)c1nc(N2C[C@H]3CSC(N)=N[C@@]3(c3cncs3)C2)ncc1F. The number of aliphatic imine (C=N–C) groups is 1. The van der Waals surface area contributed by atoms with Crippen molar-refractivity contribution in [2.45, 2.75) is 25.3 Å². The summed E-state index contributed by atoms with van der Waals surface area (Å²) in [5, 5.41) is 0.606. The highest BCUT2D eigenvalue weighted by molar-refractivity contribution is 8.13. The topological polar surface area (TPSA) is 80.3 Å². The molecule has 2 aliphatic heterocycles. The Labute approximate surface area is 153 Å². The quantitative estimate of drug-likeness (QED) is 0.884. The number of aromatic nitrogens is 3. The molecular weight excluding hydrogens is 359 g/mol. The molecule has 0 bridgehead atoms. The van der Waals surface area contributed by atoms with Crippen LogP contribution in [0.15, 0.2) is 22.9 Å². The molecule has 0 amide bonds. The average molecular weight is 379 g/mol. The number of thioether (sulfide) groups is 1. The van der Waals surface area contributed by atoms with Crippen LogP contribution < -0.4 is 10.6 Å². The number of rotatable bonds is 3. The predicted octanol–water partition coefficient (Wildman–Crippen LogP) is 2.59. The summed E-state index contributed by atoms with van der Waals surface area (Å²) in [6, 6.07) is 0. The van der Waals surface area contributed by atoms with E-state index in [1.807, 2.05) is 25.6 Å². The Bertz CT molecular complexity index is 809. The van der Waals surface area contributed by atoms with E-state index in [4.69, 9.17) is 10.7 Å². The van der Waals surface area contributed by atoms with Crippen molar-refractivity contribution >= 4 is 34.2 Å². The van der Waals surface area contributed by atoms with Crippen LogP contribution in [0.2, 0.25) is 0 Å². The Morgan fingerprint density at radius 3 is 2.96 bits per heavy atom. The van der Waals surface area contributed by atoms with Crippen molar-refractivity contribution < 1.29 is 4.39 Å². The molecule has 0 unspecified atom stereocenters. The van der Waals surface area contributed by atoms with E-state index >= 15 is 0 Å². The van der Waals surface area contributed by atoms with E-state index in [0.717, 1.165) is 17.2 Å². The first-order chi connectivity index (χ1) is 12.0. The van der Waals surface area contributed by atoms with Gasteiger partial charge in [0.25, 0.3) is 0 Å². The van der Waals surface area contributed by atoms with Crippen molar-refractivity contribution in [1.82, 2.24) is 15.0 Å². The molecule has 0 saturated carbocycles. The number of hydrogen-bond acceptors (Lipinski definition) is 8. The molecule has 9 heteroatoms. The first-order valence-electron chi connectivity index (χ1n) is 8.14. The molecule has 2 aliphatic rings. The Morgan fingerprint density at radius 2 is 2.24 bits per heavy atom. The van der Waals surface area contributed by atoms with Gasteiger partial charge in [-0.1, -0.05) is 25.6 Å². The molecule has 2 aromatic heterocycles. The Morgan fingerprint density at radius 1 is 1.40 bits per heavy atom. The van der Waals surface area contributed by atoms with E-state index in [1.165, 1.54) is 6.20 Å². The summed E-state index contributed by atoms with van der Waals surface area (Å²) < 4.78 is 14.0. The third kappa shape index (κ3) is 2.79. The van der Waals surface area contributed by atoms with Crippen molar-refractivity contribution in [3.05, 3.63) is 34.3 Å². The van der Waals surface area contributed by atoms with E-state index in [9.17, 15) is 4.39 Å². The van der Waals surface area contributed by atoms with Gasteiger partial charge in [0.15, 0.2) is 11.0 Å². The summed E-state index contributed by atoms with van der Waals surface area (Å²) in [6.07, 6.45) is 3.14. The van der Waals surface area contributed by atoms with Crippen LogP contribution in [0, 0.1) is 11.7 Å². The second-order valence-electron chi connectivity index (χ2n) is 6.69. The summed E-state index contributed by atoms with van der Waals surface area (Å²) in [4.78, 5) is 21.0. The molecule has 0 aromatic carbocycles. The second-order valence-corrected chi connectivity index (χ2v) is 8.61. The summed E-state index contributed by atoms with van der Waals surface area (Å²) in [5.74, 6) is 1.39. The monoisotopic (exact) mass is 378 g/mol. The molecule has 132 valence electrons. The molecule has 2 N–H and O–H groups in total. The number of amidine groups is 1. The number of hydrogen-bond donors (Lipinski definition) is 1. The first kappa shape index (κ1) is 16.7. The van der Waals surface area contributed by atoms with E-state index < -0.39 is 5.54 Å². The average Bonchev–Trinajstić information content (AvgIpc) is 3.22. The molecule has 2 atom stereocenters. The minimum Gasteiger partial charge on any atom is -0.379 e. The van der Waals surface area contributed by atoms with Crippen LogP contribution in [0.3, 0.4) is 0 Å². The van der Waals surface area contributed by atoms with Gasteiger partial charge in [0.05, 0.1) is 28.8 Å². The van der Waals surface area contributed by atoms with Crippen molar-refractivity contribution in [3.63, 3.8) is 0 Å². The standard InChI is InChI=1S/C16H19FN6S2/c1-9(2)13-11(17)3-20-15(21-13)23-5-10-6-24-14(18)22-16(10,7-23)12-4-19-8-25-12/h3-4,8-10H,5-7H2,1-2H3,(H2,18,22)/t10-,16-/m0/s1. The summed E-state index contributed by atoms with van der Waals surface area (Å²) in [7, 11) is 0. The molecule has 0 radical (unpaired) electrons. The summed E-state index contributed by atoms with van der Waals surface area (Å²) in [5.41, 5.74) is 7.91. The Balaban J connectivity index is 1.73. The minimum absolute atomic E-state index is 0.00584. The number of anilines is 1. The molecule has 6 nitrogen and oxygen atoms in total. The Hall–Kier alpha value is -1.74. The molecule has 4 rings (SSSR count). The van der Waals surface area contributed by atoms with E-state index in [2.05, 4.69) is 19.9 Å². The molecule has 4 heterocycles. The normalized spacial score (nSPS) is 26.0. The molecule has 0 aliphatic carbocycles. The van der Waals surface area contributed by atoms with E-state index in [1.54, 1.807) is 23.1 Å². The van der Waals surface area contributed by atoms with Gasteiger partial charge >= 0.3 is 0 Å². The van der Waals surface area contributed by atoms with Crippen molar-refractivity contribution in [2.24, 2.45) is 16.6 Å². The molecule has 0 spiro atoms. The number of fused-ring (bicyclic) bond motifs is 1. The molecule has 25 heavy (non-hydrogen) atoms. The second kappa shape index (κ2) is 6.21. The summed E-state index contributed by atoms with van der Waals surface area (Å²) in [6.45, 7) is 5.26. The highest BCUT2D eigenvalue weighted by Crippen LogP contribution is 2.47. The van der Waals surface area contributed by atoms with Crippen LogP contribution >= 0.6 is 23.1 Å². The van der Waals surface area contributed by atoms with Gasteiger partial charge in [-0.2, -0.15) is 0 Å². The maximum absolute atomic E-state index is 14.0. The molecule has 2 aromatic rings. The zero-order valence-electron chi connectivity index (χ0n) is 14.0. The van der Waals surface area contributed by atoms with E-state index in [-0.39, 0.29) is 11.7 Å². The zero-order valence-corrected chi connectivity index (χ0v) is 15.6. The lowest BCUT2D eigenvalue weighted by Crippen LogP contribution is -2.39. The van der Waals surface area contributed by atoms with Gasteiger partial charge in [-0.05, 0) is 5.92 Å². The Kier molecular flexibility index (Phi) is 4.15. The third-order valence-electron chi connectivity index (χ3n) is 4.74. The first-order valence-corrected chi connectivity index (χ1v) is 10.0. The zero-order chi connectivity index (χ0) is 17.6. The smallest absolute Gasteiger partial charge is 0.225 e. The number of nitrogens with two attached hydrogens (primary N) is 1. The van der Waals surface area contributed by atoms with E-state index in [0.29, 0.717) is 29.3 Å². The highest BCUT2D eigenvalue weighted by Gasteiger charge is 2.51. The van der Waals surface area contributed by atoms with Crippen molar-refractivity contribution in [3.8, 4) is 0 Å². The third-order valence-corrected chi connectivity index (χ3v) is 6.63. The molecule has 1 fully saturated rings. The highest BCUT2D eigenvalue weighted by atomic mass is 32.2. The van der Waals surface area contributed by atoms with Crippen LogP contribution in [-0.2, 0) is 5.54 Å². The van der Waals surface area contributed by atoms with Crippen molar-refractivity contribution in [1.29, 1.82) is 0 Å². The van der Waals surface area contributed by atoms with Crippen molar-refractivity contribution in [2.75, 3.05) is 23.7 Å². The fourth-order valence-corrected chi connectivity index (χ4v) is 5.30. The maximum atomic E-state index is 14.0. The summed E-state index contributed by atoms with van der Waals surface area (Å²) >= 11 is 3.18. The van der Waals surface area contributed by atoms with Crippen LogP contribution in [0.1, 0.15) is 30.3 Å². The molecular formula is C16H19FN6S2. The van der Waals surface area contributed by atoms with Crippen LogP contribution in [-0.4, -0.2) is 39.0 Å². The van der Waals surface area contributed by atoms with Gasteiger partial charge in [-0.3, -0.25) is 4.98 Å². The fraction of sp³-hybridized carbons (Fsp3) is 0.500. The van der Waals surface area contributed by atoms with Gasteiger partial charge < -0.3 is 10.6 Å². The lowest BCUT2D eigenvalue weighted by Gasteiger charge is -2.32. The largest absolute Gasteiger partial charge is 0.379 e. The van der Waals surface area contributed by atoms with Gasteiger partial charge in [-0.25, -0.2) is 19.4 Å². The number of thiazole rings is 1. The van der Waals surface area contributed by atoms with Gasteiger partial charge in [-0.15, -0.1) is 11.3 Å². The maximum Gasteiger partial charge on any atom is 0.225 e. The van der Waals surface area contributed by atoms with Crippen LogP contribution in [0.5, 0.6) is 0 Å². The fourth-order valence-electron chi connectivity index (χ4n) is 3.48. The number of halogens is 1. The predicted molar refractivity (Wildman–Crippen MR) is 99.7 cm³/mol. The van der Waals surface area contributed by atoms with Gasteiger partial charge in [0.1, 0.15) is 5.54 Å². The van der Waals surface area contributed by atoms with Gasteiger partial charge in [0.2, 0.25) is 5.95 Å².